The molecule has 2 unspecified atom stereocenters. The second-order valence-corrected chi connectivity index (χ2v) is 6.24. The molecule has 1 N–H and O–H groups in total. The van der Waals surface area contributed by atoms with Crippen molar-refractivity contribution >= 4 is 0 Å². The van der Waals surface area contributed by atoms with Crippen LogP contribution in [-0.4, -0.2) is 12.6 Å². The van der Waals surface area contributed by atoms with Crippen molar-refractivity contribution in [3.8, 4) is 0 Å². The third kappa shape index (κ3) is 3.02. The van der Waals surface area contributed by atoms with E-state index in [2.05, 4.69) is 56.4 Å². The number of likely N-dealkylation sites (N-methyl/N-ethyl adjacent to an activating group) is 1. The third-order valence-corrected chi connectivity index (χ3v) is 5.05. The van der Waals surface area contributed by atoms with Crippen molar-refractivity contribution in [2.45, 2.75) is 64.3 Å². The summed E-state index contributed by atoms with van der Waals surface area (Å²) in [4.78, 5) is 0. The molecule has 1 aliphatic carbocycles. The molecule has 0 aliphatic heterocycles. The van der Waals surface area contributed by atoms with Crippen LogP contribution in [0.2, 0.25) is 0 Å². The van der Waals surface area contributed by atoms with Crippen LogP contribution in [0.4, 0.5) is 0 Å². The van der Waals surface area contributed by atoms with Crippen LogP contribution in [-0.2, 0) is 5.41 Å². The zero-order valence-electron chi connectivity index (χ0n) is 12.8. The van der Waals surface area contributed by atoms with Gasteiger partial charge in [0, 0.05) is 11.5 Å². The Balaban J connectivity index is 2.21. The Morgan fingerprint density at radius 1 is 1.16 bits per heavy atom. The lowest BCUT2D eigenvalue weighted by Crippen LogP contribution is -2.53. The molecule has 0 radical (unpaired) electrons. The van der Waals surface area contributed by atoms with Gasteiger partial charge in [0.25, 0.3) is 0 Å². The summed E-state index contributed by atoms with van der Waals surface area (Å²) in [5, 5.41) is 3.79. The van der Waals surface area contributed by atoms with Gasteiger partial charge < -0.3 is 5.32 Å². The second-order valence-electron chi connectivity index (χ2n) is 6.24. The van der Waals surface area contributed by atoms with Crippen molar-refractivity contribution in [3.05, 3.63) is 35.9 Å². The Labute approximate surface area is 118 Å². The number of rotatable bonds is 7. The van der Waals surface area contributed by atoms with E-state index in [9.17, 15) is 0 Å². The zero-order chi connectivity index (χ0) is 13.7. The smallest absolute Gasteiger partial charge is 0.0166 e. The van der Waals surface area contributed by atoms with Crippen LogP contribution < -0.4 is 5.32 Å². The first-order valence-electron chi connectivity index (χ1n) is 8.02. The topological polar surface area (TPSA) is 12.0 Å². The predicted octanol–water partition coefficient (Wildman–Crippen LogP) is 4.52. The first-order valence-corrected chi connectivity index (χ1v) is 8.02. The fourth-order valence-corrected chi connectivity index (χ4v) is 3.49. The van der Waals surface area contributed by atoms with Crippen LogP contribution in [0.15, 0.2) is 30.3 Å². The SMILES string of the molecule is CCNC(CC(C)CC)C1(c2ccccc2)CCC1. The van der Waals surface area contributed by atoms with E-state index < -0.39 is 0 Å². The van der Waals surface area contributed by atoms with Crippen molar-refractivity contribution in [2.24, 2.45) is 5.92 Å². The molecule has 2 atom stereocenters. The lowest BCUT2D eigenvalue weighted by Gasteiger charge is -2.49. The first-order chi connectivity index (χ1) is 9.23. The summed E-state index contributed by atoms with van der Waals surface area (Å²) < 4.78 is 0. The molecule has 1 fully saturated rings. The van der Waals surface area contributed by atoms with Gasteiger partial charge in [0.2, 0.25) is 0 Å². The summed E-state index contributed by atoms with van der Waals surface area (Å²) >= 11 is 0. The lowest BCUT2D eigenvalue weighted by molar-refractivity contribution is 0.150. The maximum atomic E-state index is 3.79. The van der Waals surface area contributed by atoms with Crippen LogP contribution in [0.1, 0.15) is 58.4 Å². The maximum absolute atomic E-state index is 3.79. The van der Waals surface area contributed by atoms with Crippen molar-refractivity contribution in [3.63, 3.8) is 0 Å². The van der Waals surface area contributed by atoms with E-state index in [1.54, 1.807) is 5.56 Å². The Morgan fingerprint density at radius 3 is 2.32 bits per heavy atom. The maximum Gasteiger partial charge on any atom is 0.0166 e. The fraction of sp³-hybridized carbons (Fsp3) is 0.667. The Kier molecular flexibility index (Phi) is 5.04. The molecular weight excluding hydrogens is 230 g/mol. The summed E-state index contributed by atoms with van der Waals surface area (Å²) in [6.07, 6.45) is 6.68. The van der Waals surface area contributed by atoms with E-state index in [0.29, 0.717) is 11.5 Å². The lowest BCUT2D eigenvalue weighted by atomic mass is 9.58. The van der Waals surface area contributed by atoms with Gasteiger partial charge in [-0.3, -0.25) is 0 Å². The van der Waals surface area contributed by atoms with Crippen molar-refractivity contribution in [2.75, 3.05) is 6.54 Å². The van der Waals surface area contributed by atoms with Gasteiger partial charge in [0.05, 0.1) is 0 Å². The number of benzene rings is 1. The monoisotopic (exact) mass is 259 g/mol. The van der Waals surface area contributed by atoms with E-state index in [1.807, 2.05) is 0 Å². The van der Waals surface area contributed by atoms with Crippen LogP contribution >= 0.6 is 0 Å². The number of hydrogen-bond donors (Lipinski definition) is 1. The summed E-state index contributed by atoms with van der Waals surface area (Å²) in [6, 6.07) is 11.8. The Hall–Kier alpha value is -0.820. The second kappa shape index (κ2) is 6.56. The molecule has 0 bridgehead atoms. The van der Waals surface area contributed by atoms with E-state index in [4.69, 9.17) is 0 Å². The molecule has 0 heterocycles. The van der Waals surface area contributed by atoms with Crippen LogP contribution in [0.3, 0.4) is 0 Å². The predicted molar refractivity (Wildman–Crippen MR) is 83.5 cm³/mol. The van der Waals surface area contributed by atoms with Gasteiger partial charge in [-0.2, -0.15) is 0 Å². The molecule has 1 aromatic rings. The number of hydrogen-bond acceptors (Lipinski definition) is 1. The minimum atomic E-state index is 0.403. The molecule has 19 heavy (non-hydrogen) atoms. The molecular formula is C18H29N. The highest BCUT2D eigenvalue weighted by Crippen LogP contribution is 2.48. The highest BCUT2D eigenvalue weighted by atomic mass is 14.9. The van der Waals surface area contributed by atoms with E-state index in [0.717, 1.165) is 12.5 Å². The molecule has 0 spiro atoms. The molecule has 1 nitrogen and oxygen atoms in total. The fourth-order valence-electron chi connectivity index (χ4n) is 3.49. The highest BCUT2D eigenvalue weighted by Gasteiger charge is 2.45. The number of nitrogens with one attached hydrogen (secondary N) is 1. The van der Waals surface area contributed by atoms with Crippen LogP contribution in [0.5, 0.6) is 0 Å². The normalized spacial score (nSPS) is 20.6. The van der Waals surface area contributed by atoms with Gasteiger partial charge in [-0.1, -0.05) is 63.9 Å². The van der Waals surface area contributed by atoms with Gasteiger partial charge in [-0.25, -0.2) is 0 Å². The van der Waals surface area contributed by atoms with Gasteiger partial charge in [-0.05, 0) is 37.3 Å². The molecule has 0 aromatic heterocycles. The molecule has 0 amide bonds. The molecule has 1 aliphatic rings. The summed E-state index contributed by atoms with van der Waals surface area (Å²) in [6.45, 7) is 8.02. The Morgan fingerprint density at radius 2 is 1.84 bits per heavy atom. The summed E-state index contributed by atoms with van der Waals surface area (Å²) in [5.41, 5.74) is 1.95. The van der Waals surface area contributed by atoms with Gasteiger partial charge in [-0.15, -0.1) is 0 Å². The van der Waals surface area contributed by atoms with Gasteiger partial charge >= 0.3 is 0 Å². The third-order valence-electron chi connectivity index (χ3n) is 5.05. The minimum Gasteiger partial charge on any atom is -0.313 e. The van der Waals surface area contributed by atoms with Crippen LogP contribution in [0, 0.1) is 5.92 Å². The average Bonchev–Trinajstić information content (AvgIpc) is 2.39. The van der Waals surface area contributed by atoms with E-state index >= 15 is 0 Å². The average molecular weight is 259 g/mol. The zero-order valence-corrected chi connectivity index (χ0v) is 12.8. The largest absolute Gasteiger partial charge is 0.313 e. The summed E-state index contributed by atoms with van der Waals surface area (Å²) in [5.74, 6) is 0.810. The molecule has 1 saturated carbocycles. The minimum absolute atomic E-state index is 0.403. The van der Waals surface area contributed by atoms with Gasteiger partial charge in [0.15, 0.2) is 0 Å². The Bertz CT molecular complexity index is 367. The quantitative estimate of drug-likeness (QED) is 0.759. The molecule has 2 rings (SSSR count). The van der Waals surface area contributed by atoms with E-state index in [1.165, 1.54) is 32.1 Å². The first kappa shape index (κ1) is 14.6. The van der Waals surface area contributed by atoms with E-state index in [-0.39, 0.29) is 0 Å². The summed E-state index contributed by atoms with van der Waals surface area (Å²) in [7, 11) is 0. The standard InChI is InChI=1S/C18H29N/c1-4-15(3)14-17(19-5-2)18(12-9-13-18)16-10-7-6-8-11-16/h6-8,10-11,15,17,19H,4-5,9,12-14H2,1-3H3. The van der Waals surface area contributed by atoms with Crippen molar-refractivity contribution < 1.29 is 0 Å². The van der Waals surface area contributed by atoms with Gasteiger partial charge in [0.1, 0.15) is 0 Å². The molecule has 1 aromatic carbocycles. The molecule has 106 valence electrons. The van der Waals surface area contributed by atoms with Crippen LogP contribution in [0.25, 0.3) is 0 Å². The highest BCUT2D eigenvalue weighted by molar-refractivity contribution is 5.30. The molecule has 1 heteroatoms. The van der Waals surface area contributed by atoms with Crippen molar-refractivity contribution in [1.29, 1.82) is 0 Å². The molecule has 0 saturated heterocycles. The van der Waals surface area contributed by atoms with Crippen molar-refractivity contribution in [1.82, 2.24) is 5.32 Å².